The molecule has 1 aliphatic carbocycles. The van der Waals surface area contributed by atoms with Crippen molar-refractivity contribution in [2.24, 2.45) is 0 Å². The van der Waals surface area contributed by atoms with E-state index in [0.717, 1.165) is 34.2 Å². The Morgan fingerprint density at radius 3 is 2.86 bits per heavy atom. The number of fused-ring (bicyclic) bond motifs is 1. The summed E-state index contributed by atoms with van der Waals surface area (Å²) in [5, 5.41) is 0. The summed E-state index contributed by atoms with van der Waals surface area (Å²) in [6.07, 6.45) is 2.62. The standard InChI is InChI=1S/C11H11BrO2/c1-14-11-6-8-7(5-9(11)12)3-2-4-10(8)13/h5-6H,2-4H2,1H3. The van der Waals surface area contributed by atoms with E-state index in [4.69, 9.17) is 4.74 Å². The fraction of sp³-hybridized carbons (Fsp3) is 0.364. The van der Waals surface area contributed by atoms with Crippen LogP contribution in [-0.2, 0) is 6.42 Å². The van der Waals surface area contributed by atoms with E-state index in [1.807, 2.05) is 12.1 Å². The summed E-state index contributed by atoms with van der Waals surface area (Å²) in [5.41, 5.74) is 1.96. The van der Waals surface area contributed by atoms with Gasteiger partial charge < -0.3 is 4.74 Å². The molecule has 1 aromatic rings. The highest BCUT2D eigenvalue weighted by molar-refractivity contribution is 9.10. The van der Waals surface area contributed by atoms with Crippen molar-refractivity contribution in [1.29, 1.82) is 0 Å². The smallest absolute Gasteiger partial charge is 0.163 e. The molecule has 0 heterocycles. The van der Waals surface area contributed by atoms with E-state index < -0.39 is 0 Å². The molecule has 0 bridgehead atoms. The van der Waals surface area contributed by atoms with Crippen molar-refractivity contribution < 1.29 is 9.53 Å². The highest BCUT2D eigenvalue weighted by Crippen LogP contribution is 2.32. The number of aryl methyl sites for hydroxylation is 1. The molecule has 0 N–H and O–H groups in total. The van der Waals surface area contributed by atoms with Crippen molar-refractivity contribution in [3.8, 4) is 5.75 Å². The molecule has 0 unspecified atom stereocenters. The molecule has 0 aliphatic heterocycles. The number of halogens is 1. The summed E-state index contributed by atoms with van der Waals surface area (Å²) in [7, 11) is 1.61. The van der Waals surface area contributed by atoms with Gasteiger partial charge in [0.15, 0.2) is 5.78 Å². The minimum absolute atomic E-state index is 0.233. The molecule has 1 aliphatic rings. The van der Waals surface area contributed by atoms with Gasteiger partial charge in [0.05, 0.1) is 11.6 Å². The van der Waals surface area contributed by atoms with Crippen molar-refractivity contribution >= 4 is 21.7 Å². The number of rotatable bonds is 1. The Morgan fingerprint density at radius 1 is 1.36 bits per heavy atom. The zero-order valence-electron chi connectivity index (χ0n) is 7.97. The maximum atomic E-state index is 11.6. The maximum absolute atomic E-state index is 11.6. The SMILES string of the molecule is COc1cc2c(cc1Br)CCCC2=O. The van der Waals surface area contributed by atoms with Crippen LogP contribution < -0.4 is 4.74 Å². The largest absolute Gasteiger partial charge is 0.496 e. The molecule has 1 aromatic carbocycles. The first-order valence-electron chi connectivity index (χ1n) is 4.62. The van der Waals surface area contributed by atoms with Crippen LogP contribution in [0, 0.1) is 0 Å². The van der Waals surface area contributed by atoms with E-state index in [2.05, 4.69) is 15.9 Å². The molecular formula is C11H11BrO2. The normalized spacial score (nSPS) is 15.1. The van der Waals surface area contributed by atoms with Gasteiger partial charge in [0.2, 0.25) is 0 Å². The zero-order valence-corrected chi connectivity index (χ0v) is 9.56. The molecule has 0 spiro atoms. The van der Waals surface area contributed by atoms with Crippen LogP contribution in [0.2, 0.25) is 0 Å². The number of Topliss-reactive ketones (excluding diaryl/α,β-unsaturated/α-hetero) is 1. The molecule has 14 heavy (non-hydrogen) atoms. The third-order valence-corrected chi connectivity index (χ3v) is 3.15. The van der Waals surface area contributed by atoms with E-state index in [1.165, 1.54) is 0 Å². The lowest BCUT2D eigenvalue weighted by Crippen LogP contribution is -2.10. The number of ether oxygens (including phenoxy) is 1. The van der Waals surface area contributed by atoms with Gasteiger partial charge in [0.1, 0.15) is 5.75 Å². The highest BCUT2D eigenvalue weighted by Gasteiger charge is 2.19. The highest BCUT2D eigenvalue weighted by atomic mass is 79.9. The first-order valence-corrected chi connectivity index (χ1v) is 5.41. The number of benzene rings is 1. The third kappa shape index (κ3) is 1.57. The Hall–Kier alpha value is -0.830. The number of hydrogen-bond donors (Lipinski definition) is 0. The van der Waals surface area contributed by atoms with Crippen molar-refractivity contribution in [3.63, 3.8) is 0 Å². The second-order valence-corrected chi connectivity index (χ2v) is 4.27. The van der Waals surface area contributed by atoms with Crippen molar-refractivity contribution in [3.05, 3.63) is 27.7 Å². The Morgan fingerprint density at radius 2 is 2.14 bits per heavy atom. The maximum Gasteiger partial charge on any atom is 0.163 e. The molecular weight excluding hydrogens is 244 g/mol. The van der Waals surface area contributed by atoms with Gasteiger partial charge in [-0.15, -0.1) is 0 Å². The first-order chi connectivity index (χ1) is 6.72. The minimum atomic E-state index is 0.233. The Labute approximate surface area is 91.4 Å². The Bertz CT molecular complexity index is 385. The van der Waals surface area contributed by atoms with Crippen LogP contribution in [0.1, 0.15) is 28.8 Å². The van der Waals surface area contributed by atoms with Gasteiger partial charge >= 0.3 is 0 Å². The van der Waals surface area contributed by atoms with Gasteiger partial charge in [-0.3, -0.25) is 4.79 Å². The van der Waals surface area contributed by atoms with Crippen LogP contribution in [0.4, 0.5) is 0 Å². The topological polar surface area (TPSA) is 26.3 Å². The second-order valence-electron chi connectivity index (χ2n) is 3.42. The van der Waals surface area contributed by atoms with E-state index in [0.29, 0.717) is 6.42 Å². The third-order valence-electron chi connectivity index (χ3n) is 2.53. The quantitative estimate of drug-likeness (QED) is 0.771. The monoisotopic (exact) mass is 254 g/mol. The summed E-state index contributed by atoms with van der Waals surface area (Å²) in [5.74, 6) is 0.969. The number of carbonyl (C=O) groups excluding carboxylic acids is 1. The predicted octanol–water partition coefficient (Wildman–Crippen LogP) is 2.98. The molecule has 74 valence electrons. The van der Waals surface area contributed by atoms with Crippen LogP contribution in [-0.4, -0.2) is 12.9 Å². The molecule has 0 radical (unpaired) electrons. The van der Waals surface area contributed by atoms with Crippen molar-refractivity contribution in [1.82, 2.24) is 0 Å². The summed E-state index contributed by atoms with van der Waals surface area (Å²) in [6, 6.07) is 3.83. The molecule has 2 nitrogen and oxygen atoms in total. The molecule has 0 aromatic heterocycles. The number of carbonyl (C=O) groups is 1. The second kappa shape index (κ2) is 3.73. The molecule has 0 saturated heterocycles. The van der Waals surface area contributed by atoms with Crippen LogP contribution in [0.25, 0.3) is 0 Å². The van der Waals surface area contributed by atoms with Gasteiger partial charge in [-0.05, 0) is 46.5 Å². The molecule has 2 rings (SSSR count). The molecule has 0 atom stereocenters. The molecule has 0 fully saturated rings. The fourth-order valence-electron chi connectivity index (χ4n) is 1.79. The summed E-state index contributed by atoms with van der Waals surface area (Å²) in [6.45, 7) is 0. The van der Waals surface area contributed by atoms with Crippen LogP contribution in [0.5, 0.6) is 5.75 Å². The van der Waals surface area contributed by atoms with Crippen molar-refractivity contribution in [2.45, 2.75) is 19.3 Å². The van der Waals surface area contributed by atoms with E-state index in [9.17, 15) is 4.79 Å². The lowest BCUT2D eigenvalue weighted by atomic mass is 9.90. The van der Waals surface area contributed by atoms with Gasteiger partial charge in [0, 0.05) is 12.0 Å². The van der Waals surface area contributed by atoms with Crippen LogP contribution in [0.3, 0.4) is 0 Å². The van der Waals surface area contributed by atoms with E-state index in [1.54, 1.807) is 7.11 Å². The lowest BCUT2D eigenvalue weighted by Gasteiger charge is -2.16. The van der Waals surface area contributed by atoms with Gasteiger partial charge in [-0.2, -0.15) is 0 Å². The average Bonchev–Trinajstić information content (AvgIpc) is 2.17. The minimum Gasteiger partial charge on any atom is -0.496 e. The van der Waals surface area contributed by atoms with Crippen LogP contribution >= 0.6 is 15.9 Å². The van der Waals surface area contributed by atoms with Crippen molar-refractivity contribution in [2.75, 3.05) is 7.11 Å². The first kappa shape index (κ1) is 9.71. The van der Waals surface area contributed by atoms with E-state index >= 15 is 0 Å². The summed E-state index contributed by atoms with van der Waals surface area (Å²) < 4.78 is 6.08. The van der Waals surface area contributed by atoms with Crippen LogP contribution in [0.15, 0.2) is 16.6 Å². The number of methoxy groups -OCH3 is 1. The molecule has 0 amide bonds. The van der Waals surface area contributed by atoms with Gasteiger partial charge in [-0.1, -0.05) is 0 Å². The fourth-order valence-corrected chi connectivity index (χ4v) is 2.34. The molecule has 0 saturated carbocycles. The summed E-state index contributed by atoms with van der Waals surface area (Å²) in [4.78, 5) is 11.6. The molecule has 3 heteroatoms. The van der Waals surface area contributed by atoms with E-state index in [-0.39, 0.29) is 5.78 Å². The predicted molar refractivity (Wildman–Crippen MR) is 58.0 cm³/mol. The average molecular weight is 255 g/mol. The Kier molecular flexibility index (Phi) is 2.59. The lowest BCUT2D eigenvalue weighted by molar-refractivity contribution is 0.0972. The zero-order chi connectivity index (χ0) is 10.1. The number of hydrogen-bond acceptors (Lipinski definition) is 2. The number of ketones is 1. The summed E-state index contributed by atoms with van der Waals surface area (Å²) >= 11 is 3.42. The Balaban J connectivity index is 2.54. The van der Waals surface area contributed by atoms with Gasteiger partial charge in [0.25, 0.3) is 0 Å². The van der Waals surface area contributed by atoms with Gasteiger partial charge in [-0.25, -0.2) is 0 Å².